The summed E-state index contributed by atoms with van der Waals surface area (Å²) in [5, 5.41) is 15.5. The third-order valence-corrected chi connectivity index (χ3v) is 7.85. The average Bonchev–Trinajstić information content (AvgIpc) is 2.74. The van der Waals surface area contributed by atoms with Crippen molar-refractivity contribution < 1.29 is 5.11 Å². The fourth-order valence-corrected chi connectivity index (χ4v) is 6.60. The lowest BCUT2D eigenvalue weighted by molar-refractivity contribution is 0.172. The van der Waals surface area contributed by atoms with Crippen molar-refractivity contribution in [3.63, 3.8) is 0 Å². The van der Waals surface area contributed by atoms with Crippen LogP contribution < -0.4 is 0 Å². The van der Waals surface area contributed by atoms with Gasteiger partial charge in [0.05, 0.1) is 6.10 Å². The predicted molar refractivity (Wildman–Crippen MR) is 79.8 cm³/mol. The molecule has 5 heteroatoms. The zero-order valence-electron chi connectivity index (χ0n) is 9.06. The second-order valence-corrected chi connectivity index (χ2v) is 8.00. The highest BCUT2D eigenvalue weighted by Gasteiger charge is 2.32. The summed E-state index contributed by atoms with van der Waals surface area (Å²) in [7, 11) is 0. The third kappa shape index (κ3) is 2.80. The average molecular weight is 339 g/mol. The van der Waals surface area contributed by atoms with Crippen molar-refractivity contribution in [2.24, 2.45) is 0 Å². The molecular formula is C11H15BrOS3. The minimum atomic E-state index is -0.330. The van der Waals surface area contributed by atoms with Gasteiger partial charge in [-0.2, -0.15) is 34.9 Å². The Labute approximate surface area is 118 Å². The highest BCUT2D eigenvalue weighted by Crippen LogP contribution is 2.42. The fraction of sp³-hybridized carbons (Fsp3) is 0.636. The first-order chi connectivity index (χ1) is 7.74. The maximum Gasteiger partial charge on any atom is 0.0938 e. The smallest absolute Gasteiger partial charge is 0.0938 e. The van der Waals surface area contributed by atoms with Crippen molar-refractivity contribution in [1.82, 2.24) is 0 Å². The molecule has 3 atom stereocenters. The molecule has 1 saturated heterocycles. The molecule has 1 aromatic heterocycles. The molecule has 1 nitrogen and oxygen atoms in total. The summed E-state index contributed by atoms with van der Waals surface area (Å²) >= 11 is 9.09. The van der Waals surface area contributed by atoms with Gasteiger partial charge in [0.15, 0.2) is 0 Å². The van der Waals surface area contributed by atoms with E-state index in [4.69, 9.17) is 0 Å². The van der Waals surface area contributed by atoms with Gasteiger partial charge in [0.2, 0.25) is 0 Å². The molecule has 1 aromatic rings. The van der Waals surface area contributed by atoms with E-state index in [9.17, 15) is 5.11 Å². The molecule has 0 saturated carbocycles. The van der Waals surface area contributed by atoms with Crippen molar-refractivity contribution in [1.29, 1.82) is 0 Å². The van der Waals surface area contributed by atoms with Gasteiger partial charge in [0, 0.05) is 37.4 Å². The van der Waals surface area contributed by atoms with Gasteiger partial charge in [-0.05, 0) is 27.7 Å². The molecule has 0 aliphatic carbocycles. The SMILES string of the molecule is CCC1SCCSC1C(O)c1cscc1Br. The topological polar surface area (TPSA) is 20.2 Å². The van der Waals surface area contributed by atoms with Crippen LogP contribution in [0, 0.1) is 0 Å². The molecule has 0 radical (unpaired) electrons. The quantitative estimate of drug-likeness (QED) is 0.892. The Balaban J connectivity index is 2.13. The summed E-state index contributed by atoms with van der Waals surface area (Å²) < 4.78 is 1.05. The summed E-state index contributed by atoms with van der Waals surface area (Å²) in [6, 6.07) is 0. The van der Waals surface area contributed by atoms with Gasteiger partial charge in [0.25, 0.3) is 0 Å². The molecule has 1 aliphatic heterocycles. The second-order valence-electron chi connectivity index (χ2n) is 3.77. The van der Waals surface area contributed by atoms with E-state index in [2.05, 4.69) is 28.2 Å². The van der Waals surface area contributed by atoms with Crippen LogP contribution in [0.15, 0.2) is 15.2 Å². The van der Waals surface area contributed by atoms with E-state index in [0.29, 0.717) is 10.5 Å². The predicted octanol–water partition coefficient (Wildman–Crippen LogP) is 4.17. The van der Waals surface area contributed by atoms with Crippen molar-refractivity contribution in [3.8, 4) is 0 Å². The Kier molecular flexibility index (Phi) is 5.09. The summed E-state index contributed by atoms with van der Waals surface area (Å²) in [5.41, 5.74) is 1.06. The molecule has 2 rings (SSSR count). The lowest BCUT2D eigenvalue weighted by Gasteiger charge is -2.33. The first kappa shape index (κ1) is 13.3. The van der Waals surface area contributed by atoms with Crippen LogP contribution in [0.4, 0.5) is 0 Å². The van der Waals surface area contributed by atoms with E-state index in [-0.39, 0.29) is 6.10 Å². The van der Waals surface area contributed by atoms with E-state index in [1.807, 2.05) is 28.9 Å². The molecule has 0 aromatic carbocycles. The Morgan fingerprint density at radius 1 is 1.44 bits per heavy atom. The largest absolute Gasteiger partial charge is 0.387 e. The summed E-state index contributed by atoms with van der Waals surface area (Å²) in [5.74, 6) is 2.38. The minimum absolute atomic E-state index is 0.330. The Morgan fingerprint density at radius 2 is 2.19 bits per heavy atom. The van der Waals surface area contributed by atoms with Crippen LogP contribution in [0.1, 0.15) is 25.0 Å². The zero-order chi connectivity index (χ0) is 11.5. The highest BCUT2D eigenvalue weighted by atomic mass is 79.9. The van der Waals surface area contributed by atoms with Crippen LogP contribution in [0.3, 0.4) is 0 Å². The summed E-state index contributed by atoms with van der Waals surface area (Å²) in [6.45, 7) is 2.21. The Bertz CT molecular complexity index is 342. The van der Waals surface area contributed by atoms with E-state index >= 15 is 0 Å². The van der Waals surface area contributed by atoms with Crippen LogP contribution in [0.25, 0.3) is 0 Å². The molecule has 2 heterocycles. The second kappa shape index (κ2) is 6.14. The Hall–Kier alpha value is 0.840. The number of aliphatic hydroxyl groups is 1. The van der Waals surface area contributed by atoms with Gasteiger partial charge in [-0.15, -0.1) is 0 Å². The highest BCUT2D eigenvalue weighted by molar-refractivity contribution is 9.10. The molecule has 0 amide bonds. The molecule has 0 spiro atoms. The molecule has 16 heavy (non-hydrogen) atoms. The maximum atomic E-state index is 10.5. The van der Waals surface area contributed by atoms with E-state index < -0.39 is 0 Å². The van der Waals surface area contributed by atoms with Crippen molar-refractivity contribution in [2.75, 3.05) is 11.5 Å². The molecular weight excluding hydrogens is 324 g/mol. The van der Waals surface area contributed by atoms with Gasteiger partial charge in [0.1, 0.15) is 0 Å². The van der Waals surface area contributed by atoms with Gasteiger partial charge >= 0.3 is 0 Å². The summed E-state index contributed by atoms with van der Waals surface area (Å²) in [6.07, 6.45) is 0.810. The van der Waals surface area contributed by atoms with Crippen molar-refractivity contribution in [3.05, 3.63) is 20.8 Å². The lowest BCUT2D eigenvalue weighted by Crippen LogP contribution is -2.31. The number of halogens is 1. The molecule has 0 bridgehead atoms. The first-order valence-corrected chi connectivity index (χ1v) is 9.20. The lowest BCUT2D eigenvalue weighted by atomic mass is 10.1. The molecule has 90 valence electrons. The van der Waals surface area contributed by atoms with Gasteiger partial charge in [-0.3, -0.25) is 0 Å². The molecule has 1 aliphatic rings. The third-order valence-electron chi connectivity index (χ3n) is 2.77. The summed E-state index contributed by atoms with van der Waals surface area (Å²) in [4.78, 5) is 0. The monoisotopic (exact) mass is 338 g/mol. The van der Waals surface area contributed by atoms with Crippen LogP contribution >= 0.6 is 50.8 Å². The van der Waals surface area contributed by atoms with Crippen molar-refractivity contribution in [2.45, 2.75) is 29.9 Å². The fourth-order valence-electron chi connectivity index (χ4n) is 1.91. The minimum Gasteiger partial charge on any atom is -0.387 e. The van der Waals surface area contributed by atoms with Crippen LogP contribution in [0.2, 0.25) is 0 Å². The number of aliphatic hydroxyl groups excluding tert-OH is 1. The maximum absolute atomic E-state index is 10.5. The normalized spacial score (nSPS) is 27.9. The number of thioether (sulfide) groups is 2. The molecule has 1 fully saturated rings. The van der Waals surface area contributed by atoms with E-state index in [0.717, 1.165) is 22.2 Å². The van der Waals surface area contributed by atoms with Crippen LogP contribution in [0.5, 0.6) is 0 Å². The zero-order valence-corrected chi connectivity index (χ0v) is 13.1. The van der Waals surface area contributed by atoms with Gasteiger partial charge < -0.3 is 5.11 Å². The van der Waals surface area contributed by atoms with Gasteiger partial charge in [-0.1, -0.05) is 6.92 Å². The van der Waals surface area contributed by atoms with Crippen LogP contribution in [-0.2, 0) is 0 Å². The van der Waals surface area contributed by atoms with Crippen molar-refractivity contribution >= 4 is 50.8 Å². The number of hydrogen-bond acceptors (Lipinski definition) is 4. The number of thiophene rings is 1. The Morgan fingerprint density at radius 3 is 2.81 bits per heavy atom. The van der Waals surface area contributed by atoms with Gasteiger partial charge in [-0.25, -0.2) is 0 Å². The molecule has 3 unspecified atom stereocenters. The van der Waals surface area contributed by atoms with E-state index in [1.54, 1.807) is 11.3 Å². The first-order valence-electron chi connectivity index (χ1n) is 5.37. The number of hydrogen-bond donors (Lipinski definition) is 1. The van der Waals surface area contributed by atoms with Crippen LogP contribution in [-0.4, -0.2) is 27.1 Å². The van der Waals surface area contributed by atoms with E-state index in [1.165, 1.54) is 5.75 Å². The standard InChI is InChI=1S/C11H15BrOS3/c1-2-9-11(16-4-3-15-9)10(13)7-5-14-6-8(7)12/h5-6,9-11,13H,2-4H2,1H3. The number of rotatable bonds is 3. The molecule has 1 N–H and O–H groups in total.